The molecule has 1 unspecified atom stereocenters. The van der Waals surface area contributed by atoms with E-state index in [0.717, 1.165) is 43.8 Å². The molecule has 0 bridgehead atoms. The molecule has 0 radical (unpaired) electrons. The molecule has 28 heavy (non-hydrogen) atoms. The highest BCUT2D eigenvalue weighted by atomic mass is 16.5. The molecule has 3 aromatic rings. The minimum atomic E-state index is -0.167. The molecule has 1 aromatic carbocycles. The predicted molar refractivity (Wildman–Crippen MR) is 109 cm³/mol. The van der Waals surface area contributed by atoms with Gasteiger partial charge in [0.2, 0.25) is 0 Å². The molecule has 3 heterocycles. The molecule has 1 N–H and O–H groups in total. The largest absolute Gasteiger partial charge is 0.376 e. The number of benzene rings is 1. The summed E-state index contributed by atoms with van der Waals surface area (Å²) in [6.45, 7) is 5.80. The normalized spacial score (nSPS) is 17.5. The topological polar surface area (TPSA) is 71.1 Å². The van der Waals surface area contributed by atoms with Gasteiger partial charge in [0.05, 0.1) is 18.4 Å². The molecular formula is C22H24N4O2. The molecule has 0 amide bonds. The van der Waals surface area contributed by atoms with Crippen molar-refractivity contribution in [1.29, 1.82) is 0 Å². The number of nitrogens with zero attached hydrogens (tertiary/aromatic N) is 3. The van der Waals surface area contributed by atoms with Crippen molar-refractivity contribution in [3.05, 3.63) is 70.8 Å². The van der Waals surface area contributed by atoms with E-state index in [1.165, 1.54) is 11.6 Å². The SMILES string of the molecule is CCC1CN(Cc2ccc(-c3nc(-c4ccncc4)cc(=O)[nH]3)cc2)CCO1. The van der Waals surface area contributed by atoms with Crippen LogP contribution in [0.1, 0.15) is 18.9 Å². The van der Waals surface area contributed by atoms with Gasteiger partial charge in [-0.15, -0.1) is 0 Å². The summed E-state index contributed by atoms with van der Waals surface area (Å²) >= 11 is 0. The summed E-state index contributed by atoms with van der Waals surface area (Å²) in [5.41, 5.74) is 3.49. The molecule has 2 aromatic heterocycles. The maximum absolute atomic E-state index is 12.1. The number of aromatic amines is 1. The lowest BCUT2D eigenvalue weighted by molar-refractivity contribution is -0.0324. The molecule has 144 valence electrons. The second kappa shape index (κ2) is 8.46. The van der Waals surface area contributed by atoms with Crippen LogP contribution in [-0.4, -0.2) is 45.7 Å². The van der Waals surface area contributed by atoms with E-state index in [1.807, 2.05) is 24.3 Å². The highest BCUT2D eigenvalue weighted by Gasteiger charge is 2.18. The van der Waals surface area contributed by atoms with Crippen LogP contribution in [0.15, 0.2) is 59.7 Å². The van der Waals surface area contributed by atoms with Gasteiger partial charge >= 0.3 is 0 Å². The number of H-pyrrole nitrogens is 1. The van der Waals surface area contributed by atoms with Gasteiger partial charge in [-0.2, -0.15) is 0 Å². The summed E-state index contributed by atoms with van der Waals surface area (Å²) in [5, 5.41) is 0. The minimum Gasteiger partial charge on any atom is -0.376 e. The van der Waals surface area contributed by atoms with E-state index in [9.17, 15) is 4.79 Å². The monoisotopic (exact) mass is 376 g/mol. The van der Waals surface area contributed by atoms with E-state index < -0.39 is 0 Å². The van der Waals surface area contributed by atoms with Crippen molar-refractivity contribution in [3.8, 4) is 22.6 Å². The van der Waals surface area contributed by atoms with Gasteiger partial charge in [-0.3, -0.25) is 14.7 Å². The molecule has 1 aliphatic heterocycles. The van der Waals surface area contributed by atoms with Gasteiger partial charge in [0.15, 0.2) is 0 Å². The van der Waals surface area contributed by atoms with E-state index in [4.69, 9.17) is 4.74 Å². The van der Waals surface area contributed by atoms with Gasteiger partial charge in [0.25, 0.3) is 5.56 Å². The third kappa shape index (κ3) is 4.35. The zero-order valence-corrected chi connectivity index (χ0v) is 16.0. The quantitative estimate of drug-likeness (QED) is 0.741. The van der Waals surface area contributed by atoms with E-state index in [0.29, 0.717) is 17.6 Å². The Morgan fingerprint density at radius 3 is 2.68 bits per heavy atom. The second-order valence-corrected chi connectivity index (χ2v) is 7.05. The molecular weight excluding hydrogens is 352 g/mol. The number of pyridine rings is 1. The minimum absolute atomic E-state index is 0.167. The molecule has 0 saturated carbocycles. The van der Waals surface area contributed by atoms with Crippen LogP contribution in [0.25, 0.3) is 22.6 Å². The Morgan fingerprint density at radius 2 is 1.93 bits per heavy atom. The summed E-state index contributed by atoms with van der Waals surface area (Å²) in [6.07, 6.45) is 4.77. The Morgan fingerprint density at radius 1 is 1.14 bits per heavy atom. The Kier molecular flexibility index (Phi) is 5.60. The first-order valence-corrected chi connectivity index (χ1v) is 9.66. The van der Waals surface area contributed by atoms with Gasteiger partial charge in [-0.25, -0.2) is 4.98 Å². The molecule has 1 aliphatic rings. The van der Waals surface area contributed by atoms with Gasteiger partial charge in [0, 0.05) is 49.2 Å². The zero-order chi connectivity index (χ0) is 19.3. The number of nitrogens with one attached hydrogen (secondary N) is 1. The molecule has 1 fully saturated rings. The summed E-state index contributed by atoms with van der Waals surface area (Å²) in [6, 6.07) is 13.4. The third-order valence-corrected chi connectivity index (χ3v) is 5.03. The van der Waals surface area contributed by atoms with Crippen LogP contribution >= 0.6 is 0 Å². The first-order chi connectivity index (χ1) is 13.7. The molecule has 6 nitrogen and oxygen atoms in total. The molecule has 4 rings (SSSR count). The maximum Gasteiger partial charge on any atom is 0.251 e. The van der Waals surface area contributed by atoms with Crippen LogP contribution in [0, 0.1) is 0 Å². The summed E-state index contributed by atoms with van der Waals surface area (Å²) in [5.74, 6) is 0.572. The van der Waals surface area contributed by atoms with Crippen molar-refractivity contribution in [2.24, 2.45) is 0 Å². The molecule has 6 heteroatoms. The summed E-state index contributed by atoms with van der Waals surface area (Å²) < 4.78 is 5.74. The lowest BCUT2D eigenvalue weighted by Gasteiger charge is -2.32. The summed E-state index contributed by atoms with van der Waals surface area (Å²) in [4.78, 5) is 26.0. The number of aromatic nitrogens is 3. The fourth-order valence-corrected chi connectivity index (χ4v) is 3.46. The lowest BCUT2D eigenvalue weighted by atomic mass is 10.1. The number of ether oxygens (including phenoxy) is 1. The average Bonchev–Trinajstić information content (AvgIpc) is 2.74. The van der Waals surface area contributed by atoms with Crippen molar-refractivity contribution >= 4 is 0 Å². The highest BCUT2D eigenvalue weighted by Crippen LogP contribution is 2.20. The standard InChI is InChI=1S/C22H24N4O2/c1-2-19-15-26(11-12-28-19)14-16-3-5-18(6-4-16)22-24-20(13-21(27)25-22)17-7-9-23-10-8-17/h3-10,13,19H,2,11-12,14-15H2,1H3,(H,24,25,27). The highest BCUT2D eigenvalue weighted by molar-refractivity contribution is 5.63. The van der Waals surface area contributed by atoms with Crippen LogP contribution in [0.4, 0.5) is 0 Å². The van der Waals surface area contributed by atoms with Crippen molar-refractivity contribution in [2.45, 2.75) is 26.0 Å². The Bertz CT molecular complexity index is 970. The Hall–Kier alpha value is -2.83. The fraction of sp³-hybridized carbons (Fsp3) is 0.318. The maximum atomic E-state index is 12.1. The second-order valence-electron chi connectivity index (χ2n) is 7.05. The number of hydrogen-bond donors (Lipinski definition) is 1. The van der Waals surface area contributed by atoms with E-state index in [1.54, 1.807) is 12.4 Å². The third-order valence-electron chi connectivity index (χ3n) is 5.03. The van der Waals surface area contributed by atoms with Gasteiger partial charge in [-0.1, -0.05) is 31.2 Å². The predicted octanol–water partition coefficient (Wildman–Crippen LogP) is 3.11. The van der Waals surface area contributed by atoms with E-state index in [-0.39, 0.29) is 5.56 Å². The smallest absolute Gasteiger partial charge is 0.251 e. The van der Waals surface area contributed by atoms with Crippen LogP contribution in [0.5, 0.6) is 0 Å². The zero-order valence-electron chi connectivity index (χ0n) is 16.0. The number of morpholine rings is 1. The van der Waals surface area contributed by atoms with Gasteiger partial charge < -0.3 is 9.72 Å². The van der Waals surface area contributed by atoms with Crippen molar-refractivity contribution in [2.75, 3.05) is 19.7 Å². The van der Waals surface area contributed by atoms with Crippen LogP contribution < -0.4 is 5.56 Å². The first-order valence-electron chi connectivity index (χ1n) is 9.66. The van der Waals surface area contributed by atoms with Crippen LogP contribution in [0.3, 0.4) is 0 Å². The Balaban J connectivity index is 1.53. The van der Waals surface area contributed by atoms with E-state index in [2.05, 4.69) is 38.9 Å². The Labute approximate surface area is 164 Å². The summed E-state index contributed by atoms with van der Waals surface area (Å²) in [7, 11) is 0. The van der Waals surface area contributed by atoms with Gasteiger partial charge in [-0.05, 0) is 24.1 Å². The molecule has 0 spiro atoms. The molecule has 0 aliphatic carbocycles. The van der Waals surface area contributed by atoms with Gasteiger partial charge in [0.1, 0.15) is 5.82 Å². The van der Waals surface area contributed by atoms with E-state index >= 15 is 0 Å². The van der Waals surface area contributed by atoms with Crippen LogP contribution in [-0.2, 0) is 11.3 Å². The average molecular weight is 376 g/mol. The van der Waals surface area contributed by atoms with Crippen molar-refractivity contribution in [1.82, 2.24) is 19.9 Å². The molecule has 1 saturated heterocycles. The first kappa shape index (κ1) is 18.5. The number of hydrogen-bond acceptors (Lipinski definition) is 5. The van der Waals surface area contributed by atoms with Crippen molar-refractivity contribution in [3.63, 3.8) is 0 Å². The molecule has 1 atom stereocenters. The van der Waals surface area contributed by atoms with Crippen LogP contribution in [0.2, 0.25) is 0 Å². The van der Waals surface area contributed by atoms with Crippen molar-refractivity contribution < 1.29 is 4.74 Å². The lowest BCUT2D eigenvalue weighted by Crippen LogP contribution is -2.41. The number of rotatable bonds is 5. The fourth-order valence-electron chi connectivity index (χ4n) is 3.46.